The highest BCUT2D eigenvalue weighted by atomic mass is 32.2. The fourth-order valence-corrected chi connectivity index (χ4v) is 4.69. The van der Waals surface area contributed by atoms with E-state index in [0.29, 0.717) is 22.1 Å². The molecule has 0 saturated heterocycles. The van der Waals surface area contributed by atoms with Crippen LogP contribution in [-0.2, 0) is 5.75 Å². The van der Waals surface area contributed by atoms with E-state index in [2.05, 4.69) is 19.9 Å². The van der Waals surface area contributed by atoms with Crippen LogP contribution in [0.15, 0.2) is 46.3 Å². The minimum atomic E-state index is -0.0763. The predicted molar refractivity (Wildman–Crippen MR) is 111 cm³/mol. The van der Waals surface area contributed by atoms with Gasteiger partial charge in [-0.05, 0) is 32.4 Å². The average Bonchev–Trinajstić information content (AvgIpc) is 2.94. The highest BCUT2D eigenvalue weighted by Gasteiger charge is 2.13. The lowest BCUT2D eigenvalue weighted by atomic mass is 10.1. The van der Waals surface area contributed by atoms with Crippen molar-refractivity contribution in [1.82, 2.24) is 19.9 Å². The van der Waals surface area contributed by atoms with Gasteiger partial charge in [-0.15, -0.1) is 11.3 Å². The smallest absolute Gasteiger partial charge is 0.259 e. The predicted octanol–water partition coefficient (Wildman–Crippen LogP) is 4.66. The van der Waals surface area contributed by atoms with Crippen molar-refractivity contribution in [2.45, 2.75) is 31.7 Å². The Balaban J connectivity index is 1.61. The number of rotatable bonds is 4. The minimum Gasteiger partial charge on any atom is -0.309 e. The second-order valence-corrected chi connectivity index (χ2v) is 8.45. The van der Waals surface area contributed by atoms with Gasteiger partial charge in [-0.25, -0.2) is 15.0 Å². The zero-order chi connectivity index (χ0) is 19.0. The molecular weight excluding hydrogens is 376 g/mol. The molecule has 7 heteroatoms. The second kappa shape index (κ2) is 7.25. The van der Waals surface area contributed by atoms with Crippen LogP contribution >= 0.6 is 23.1 Å². The van der Waals surface area contributed by atoms with Gasteiger partial charge in [0.05, 0.1) is 16.8 Å². The van der Waals surface area contributed by atoms with E-state index < -0.39 is 0 Å². The first kappa shape index (κ1) is 17.9. The Hall–Kier alpha value is -2.51. The van der Waals surface area contributed by atoms with E-state index in [0.717, 1.165) is 32.2 Å². The number of H-pyrrole nitrogens is 1. The molecule has 0 unspecified atom stereocenters. The minimum absolute atomic E-state index is 0.0763. The topological polar surface area (TPSA) is 71.5 Å². The molecule has 27 heavy (non-hydrogen) atoms. The number of hydrogen-bond acceptors (Lipinski definition) is 6. The number of aromatic nitrogens is 4. The van der Waals surface area contributed by atoms with E-state index in [9.17, 15) is 4.79 Å². The molecule has 136 valence electrons. The van der Waals surface area contributed by atoms with Gasteiger partial charge in [0, 0.05) is 16.1 Å². The molecule has 0 fully saturated rings. The van der Waals surface area contributed by atoms with E-state index in [1.807, 2.05) is 57.2 Å². The van der Waals surface area contributed by atoms with Crippen molar-refractivity contribution in [3.8, 4) is 11.3 Å². The number of nitrogens with one attached hydrogen (secondary N) is 1. The molecule has 0 aliphatic carbocycles. The van der Waals surface area contributed by atoms with Crippen LogP contribution in [0.5, 0.6) is 0 Å². The Morgan fingerprint density at radius 3 is 2.63 bits per heavy atom. The summed E-state index contributed by atoms with van der Waals surface area (Å²) in [4.78, 5) is 31.0. The molecule has 3 aromatic heterocycles. The van der Waals surface area contributed by atoms with E-state index in [1.165, 1.54) is 11.8 Å². The van der Waals surface area contributed by atoms with E-state index in [1.54, 1.807) is 11.3 Å². The van der Waals surface area contributed by atoms with Crippen LogP contribution < -0.4 is 5.56 Å². The number of thiophene rings is 1. The van der Waals surface area contributed by atoms with E-state index in [-0.39, 0.29) is 5.56 Å². The number of hydrogen-bond donors (Lipinski definition) is 1. The number of aryl methyl sites for hydroxylation is 3. The van der Waals surface area contributed by atoms with Crippen LogP contribution in [0.3, 0.4) is 0 Å². The van der Waals surface area contributed by atoms with Crippen molar-refractivity contribution in [3.05, 3.63) is 68.7 Å². The zero-order valence-corrected chi connectivity index (χ0v) is 16.9. The third-order valence-electron chi connectivity index (χ3n) is 4.33. The summed E-state index contributed by atoms with van der Waals surface area (Å²) < 4.78 is 0. The van der Waals surface area contributed by atoms with Gasteiger partial charge in [0.1, 0.15) is 10.7 Å². The summed E-state index contributed by atoms with van der Waals surface area (Å²) in [5, 5.41) is 1.37. The third-order valence-corrected chi connectivity index (χ3v) is 6.29. The van der Waals surface area contributed by atoms with Crippen LogP contribution in [0.4, 0.5) is 0 Å². The summed E-state index contributed by atoms with van der Waals surface area (Å²) in [6, 6.07) is 12.0. The molecule has 0 radical (unpaired) electrons. The summed E-state index contributed by atoms with van der Waals surface area (Å²) in [6.45, 7) is 5.94. The van der Waals surface area contributed by atoms with E-state index in [4.69, 9.17) is 0 Å². The van der Waals surface area contributed by atoms with Crippen molar-refractivity contribution >= 4 is 33.3 Å². The summed E-state index contributed by atoms with van der Waals surface area (Å²) >= 11 is 3.03. The van der Waals surface area contributed by atoms with Gasteiger partial charge in [0.2, 0.25) is 0 Å². The number of aromatic amines is 1. The fraction of sp³-hybridized carbons (Fsp3) is 0.200. The van der Waals surface area contributed by atoms with Crippen LogP contribution in [0, 0.1) is 20.8 Å². The van der Waals surface area contributed by atoms with Crippen LogP contribution in [0.25, 0.3) is 21.5 Å². The molecule has 1 aromatic carbocycles. The molecule has 0 aliphatic heterocycles. The quantitative estimate of drug-likeness (QED) is 0.403. The summed E-state index contributed by atoms with van der Waals surface area (Å²) in [7, 11) is 0. The maximum Gasteiger partial charge on any atom is 0.259 e. The zero-order valence-electron chi connectivity index (χ0n) is 15.2. The van der Waals surface area contributed by atoms with Gasteiger partial charge in [-0.2, -0.15) is 0 Å². The van der Waals surface area contributed by atoms with Gasteiger partial charge in [-0.1, -0.05) is 42.1 Å². The van der Waals surface area contributed by atoms with E-state index >= 15 is 0 Å². The maximum atomic E-state index is 12.4. The number of fused-ring (bicyclic) bond motifs is 1. The Labute approximate surface area is 164 Å². The number of benzene rings is 1. The first-order valence-electron chi connectivity index (χ1n) is 8.54. The van der Waals surface area contributed by atoms with Crippen molar-refractivity contribution < 1.29 is 0 Å². The molecule has 0 atom stereocenters. The highest BCUT2D eigenvalue weighted by molar-refractivity contribution is 7.98. The Kier molecular flexibility index (Phi) is 4.80. The number of thioether (sulfide) groups is 1. The molecule has 0 saturated carbocycles. The molecule has 3 heterocycles. The van der Waals surface area contributed by atoms with Crippen molar-refractivity contribution in [2.24, 2.45) is 0 Å². The van der Waals surface area contributed by atoms with Crippen LogP contribution in [0.2, 0.25) is 0 Å². The highest BCUT2D eigenvalue weighted by Crippen LogP contribution is 2.27. The van der Waals surface area contributed by atoms with Gasteiger partial charge in [-0.3, -0.25) is 4.79 Å². The van der Waals surface area contributed by atoms with Crippen LogP contribution in [-0.4, -0.2) is 19.9 Å². The lowest BCUT2D eigenvalue weighted by molar-refractivity contribution is 0.933. The average molecular weight is 395 g/mol. The van der Waals surface area contributed by atoms with Gasteiger partial charge < -0.3 is 4.98 Å². The molecule has 0 amide bonds. The summed E-state index contributed by atoms with van der Waals surface area (Å²) in [6.07, 6.45) is 0. The second-order valence-electron chi connectivity index (χ2n) is 6.31. The molecule has 0 aliphatic rings. The largest absolute Gasteiger partial charge is 0.309 e. The molecule has 5 nitrogen and oxygen atoms in total. The third kappa shape index (κ3) is 3.65. The molecule has 4 aromatic rings. The normalized spacial score (nSPS) is 11.2. The Morgan fingerprint density at radius 1 is 1.07 bits per heavy atom. The summed E-state index contributed by atoms with van der Waals surface area (Å²) in [5.41, 5.74) is 3.80. The van der Waals surface area contributed by atoms with Crippen LogP contribution in [0.1, 0.15) is 22.0 Å². The molecule has 0 bridgehead atoms. The Morgan fingerprint density at radius 2 is 1.85 bits per heavy atom. The molecule has 0 spiro atoms. The lowest BCUT2D eigenvalue weighted by Crippen LogP contribution is -2.11. The van der Waals surface area contributed by atoms with Gasteiger partial charge >= 0.3 is 0 Å². The SMILES string of the molecule is Cc1cc(-c2ccccc2)nc(SCc2nc3sc(C)c(C)c3c(=O)[nH]2)n1. The fourth-order valence-electron chi connectivity index (χ4n) is 2.86. The lowest BCUT2D eigenvalue weighted by Gasteiger charge is -2.06. The summed E-state index contributed by atoms with van der Waals surface area (Å²) in [5.74, 6) is 1.16. The first-order chi connectivity index (χ1) is 13.0. The van der Waals surface area contributed by atoms with Gasteiger partial charge in [0.25, 0.3) is 5.56 Å². The standard InChI is InChI=1S/C20H18N4OS2/c1-11-9-15(14-7-5-4-6-8-14)22-20(21-11)26-10-16-23-18(25)17-12(2)13(3)27-19(17)24-16/h4-9H,10H2,1-3H3,(H,23,24,25). The number of nitrogens with zero attached hydrogens (tertiary/aromatic N) is 3. The first-order valence-corrected chi connectivity index (χ1v) is 10.3. The van der Waals surface area contributed by atoms with Gasteiger partial charge in [0.15, 0.2) is 5.16 Å². The Bertz CT molecular complexity index is 1180. The van der Waals surface area contributed by atoms with Crippen molar-refractivity contribution in [3.63, 3.8) is 0 Å². The van der Waals surface area contributed by atoms with Crippen molar-refractivity contribution in [1.29, 1.82) is 0 Å². The monoisotopic (exact) mass is 394 g/mol. The molecular formula is C20H18N4OS2. The molecule has 4 rings (SSSR count). The molecule has 1 N–H and O–H groups in total. The van der Waals surface area contributed by atoms with Crippen molar-refractivity contribution in [2.75, 3.05) is 0 Å². The maximum absolute atomic E-state index is 12.4.